The van der Waals surface area contributed by atoms with Crippen molar-refractivity contribution >= 4 is 0 Å². The van der Waals surface area contributed by atoms with Crippen molar-refractivity contribution < 1.29 is 13.2 Å². The number of hydrogen-bond donors (Lipinski definition) is 1. The second-order valence-corrected chi connectivity index (χ2v) is 5.58. The lowest BCUT2D eigenvalue weighted by Crippen LogP contribution is -2.47. The first-order valence-electron chi connectivity index (χ1n) is 5.71. The first-order chi connectivity index (χ1) is 7.18. The highest BCUT2D eigenvalue weighted by molar-refractivity contribution is 4.86. The SMILES string of the molecule is CC(C)(C)C1CN(CC(F)(F)F)CCCN1. The molecule has 1 aliphatic rings. The van der Waals surface area contributed by atoms with Gasteiger partial charge in [0.2, 0.25) is 0 Å². The van der Waals surface area contributed by atoms with Crippen LogP contribution in [0.2, 0.25) is 0 Å². The van der Waals surface area contributed by atoms with Crippen LogP contribution in [0.3, 0.4) is 0 Å². The fourth-order valence-corrected chi connectivity index (χ4v) is 1.97. The Morgan fingerprint density at radius 3 is 2.38 bits per heavy atom. The fourth-order valence-electron chi connectivity index (χ4n) is 1.97. The lowest BCUT2D eigenvalue weighted by molar-refractivity contribution is -0.146. The molecule has 1 saturated heterocycles. The summed E-state index contributed by atoms with van der Waals surface area (Å²) in [5.41, 5.74) is -0.00577. The summed E-state index contributed by atoms with van der Waals surface area (Å²) < 4.78 is 37.0. The highest BCUT2D eigenvalue weighted by Crippen LogP contribution is 2.23. The molecule has 1 N–H and O–H groups in total. The normalized spacial score (nSPS) is 25.5. The van der Waals surface area contributed by atoms with Crippen LogP contribution in [0.1, 0.15) is 27.2 Å². The number of nitrogens with zero attached hydrogens (tertiary/aromatic N) is 1. The van der Waals surface area contributed by atoms with Crippen LogP contribution in [0.25, 0.3) is 0 Å². The van der Waals surface area contributed by atoms with Gasteiger partial charge in [-0.3, -0.25) is 4.90 Å². The Kier molecular flexibility index (Phi) is 4.23. The summed E-state index contributed by atoms with van der Waals surface area (Å²) in [7, 11) is 0. The summed E-state index contributed by atoms with van der Waals surface area (Å²) in [5.74, 6) is 0. The zero-order valence-corrected chi connectivity index (χ0v) is 10.2. The van der Waals surface area contributed by atoms with Gasteiger partial charge in [0.05, 0.1) is 6.54 Å². The molecule has 0 aromatic rings. The first-order valence-corrected chi connectivity index (χ1v) is 5.71. The van der Waals surface area contributed by atoms with Crippen molar-refractivity contribution in [2.45, 2.75) is 39.4 Å². The van der Waals surface area contributed by atoms with Crippen molar-refractivity contribution in [3.05, 3.63) is 0 Å². The van der Waals surface area contributed by atoms with E-state index in [1.54, 1.807) is 0 Å². The number of hydrogen-bond acceptors (Lipinski definition) is 2. The van der Waals surface area contributed by atoms with E-state index in [1.165, 1.54) is 4.90 Å². The van der Waals surface area contributed by atoms with Gasteiger partial charge in [0.1, 0.15) is 0 Å². The van der Waals surface area contributed by atoms with Crippen molar-refractivity contribution in [3.8, 4) is 0 Å². The fraction of sp³-hybridized carbons (Fsp3) is 1.00. The Morgan fingerprint density at radius 1 is 1.25 bits per heavy atom. The molecule has 0 aromatic carbocycles. The smallest absolute Gasteiger partial charge is 0.312 e. The minimum atomic E-state index is -4.09. The van der Waals surface area contributed by atoms with Crippen molar-refractivity contribution in [1.82, 2.24) is 10.2 Å². The van der Waals surface area contributed by atoms with Crippen LogP contribution in [-0.2, 0) is 0 Å². The maximum atomic E-state index is 12.3. The van der Waals surface area contributed by atoms with E-state index in [0.29, 0.717) is 13.1 Å². The predicted octanol–water partition coefficient (Wildman–Crippen LogP) is 2.26. The van der Waals surface area contributed by atoms with Crippen LogP contribution in [-0.4, -0.2) is 43.3 Å². The molecule has 0 amide bonds. The van der Waals surface area contributed by atoms with Gasteiger partial charge in [-0.1, -0.05) is 20.8 Å². The molecule has 0 spiro atoms. The molecule has 0 aliphatic carbocycles. The molecular weight excluding hydrogens is 217 g/mol. The van der Waals surface area contributed by atoms with Crippen molar-refractivity contribution in [2.75, 3.05) is 26.2 Å². The number of rotatable bonds is 1. The third-order valence-electron chi connectivity index (χ3n) is 2.93. The monoisotopic (exact) mass is 238 g/mol. The van der Waals surface area contributed by atoms with Crippen LogP contribution in [0, 0.1) is 5.41 Å². The van der Waals surface area contributed by atoms with Crippen LogP contribution in [0.4, 0.5) is 13.2 Å². The summed E-state index contributed by atoms with van der Waals surface area (Å²) in [4.78, 5) is 1.51. The van der Waals surface area contributed by atoms with Gasteiger partial charge in [-0.25, -0.2) is 0 Å². The Hall–Kier alpha value is -0.290. The molecular formula is C11H21F3N2. The van der Waals surface area contributed by atoms with Crippen molar-refractivity contribution in [3.63, 3.8) is 0 Å². The Bertz CT molecular complexity index is 220. The third-order valence-corrected chi connectivity index (χ3v) is 2.93. The van der Waals surface area contributed by atoms with Crippen molar-refractivity contribution in [2.24, 2.45) is 5.41 Å². The van der Waals surface area contributed by atoms with E-state index < -0.39 is 12.7 Å². The van der Waals surface area contributed by atoms with Crippen LogP contribution in [0.5, 0.6) is 0 Å². The molecule has 2 nitrogen and oxygen atoms in total. The number of alkyl halides is 3. The average Bonchev–Trinajstić information content (AvgIpc) is 2.25. The average molecular weight is 238 g/mol. The van der Waals surface area contributed by atoms with E-state index in [4.69, 9.17) is 0 Å². The maximum Gasteiger partial charge on any atom is 0.401 e. The molecule has 0 saturated carbocycles. The minimum absolute atomic E-state index is 0.00577. The topological polar surface area (TPSA) is 15.3 Å². The third kappa shape index (κ3) is 4.70. The van der Waals surface area contributed by atoms with Gasteiger partial charge in [0.25, 0.3) is 0 Å². The molecule has 1 atom stereocenters. The maximum absolute atomic E-state index is 12.3. The molecule has 1 aliphatic heterocycles. The molecule has 5 heteroatoms. The minimum Gasteiger partial charge on any atom is -0.312 e. The van der Waals surface area contributed by atoms with Gasteiger partial charge in [-0.2, -0.15) is 13.2 Å². The summed E-state index contributed by atoms with van der Waals surface area (Å²) in [6.45, 7) is 7.19. The van der Waals surface area contributed by atoms with Crippen LogP contribution < -0.4 is 5.32 Å². The van der Waals surface area contributed by atoms with Crippen LogP contribution in [0.15, 0.2) is 0 Å². The van der Waals surface area contributed by atoms with Gasteiger partial charge in [-0.05, 0) is 24.9 Å². The molecule has 1 unspecified atom stereocenters. The van der Waals surface area contributed by atoms with E-state index in [1.807, 2.05) is 0 Å². The van der Waals surface area contributed by atoms with E-state index >= 15 is 0 Å². The zero-order valence-electron chi connectivity index (χ0n) is 10.2. The van der Waals surface area contributed by atoms with E-state index in [9.17, 15) is 13.2 Å². The summed E-state index contributed by atoms with van der Waals surface area (Å²) in [6, 6.07) is 0.123. The molecule has 0 bridgehead atoms. The Morgan fingerprint density at radius 2 is 1.88 bits per heavy atom. The molecule has 1 heterocycles. The van der Waals surface area contributed by atoms with Crippen LogP contribution >= 0.6 is 0 Å². The summed E-state index contributed by atoms with van der Waals surface area (Å²) in [6.07, 6.45) is -3.31. The summed E-state index contributed by atoms with van der Waals surface area (Å²) in [5, 5.41) is 3.33. The second-order valence-electron chi connectivity index (χ2n) is 5.58. The van der Waals surface area contributed by atoms with Gasteiger partial charge in [-0.15, -0.1) is 0 Å². The second kappa shape index (κ2) is 4.92. The molecule has 0 aromatic heterocycles. The number of nitrogens with one attached hydrogen (secondary N) is 1. The molecule has 96 valence electrons. The van der Waals surface area contributed by atoms with Gasteiger partial charge < -0.3 is 5.32 Å². The first kappa shape index (κ1) is 13.8. The van der Waals surface area contributed by atoms with E-state index in [-0.39, 0.29) is 11.5 Å². The predicted molar refractivity (Wildman–Crippen MR) is 58.4 cm³/mol. The lowest BCUT2D eigenvalue weighted by atomic mass is 9.86. The Balaban J connectivity index is 2.59. The van der Waals surface area contributed by atoms with Gasteiger partial charge >= 0.3 is 6.18 Å². The number of halogens is 3. The zero-order chi connectivity index (χ0) is 12.4. The van der Waals surface area contributed by atoms with E-state index in [0.717, 1.165) is 13.0 Å². The highest BCUT2D eigenvalue weighted by Gasteiger charge is 2.34. The lowest BCUT2D eigenvalue weighted by Gasteiger charge is -2.33. The molecule has 1 rings (SSSR count). The quantitative estimate of drug-likeness (QED) is 0.754. The van der Waals surface area contributed by atoms with E-state index in [2.05, 4.69) is 26.1 Å². The highest BCUT2D eigenvalue weighted by atomic mass is 19.4. The van der Waals surface area contributed by atoms with Crippen molar-refractivity contribution in [1.29, 1.82) is 0 Å². The largest absolute Gasteiger partial charge is 0.401 e. The molecule has 16 heavy (non-hydrogen) atoms. The Labute approximate surface area is 95.2 Å². The molecule has 1 fully saturated rings. The standard InChI is InChI=1S/C11H21F3N2/c1-10(2,3)9-7-16(6-4-5-15-9)8-11(12,13)14/h9,15H,4-8H2,1-3H3. The van der Waals surface area contributed by atoms with Gasteiger partial charge in [0, 0.05) is 12.6 Å². The molecule has 0 radical (unpaired) electrons. The summed E-state index contributed by atoms with van der Waals surface area (Å²) >= 11 is 0. The van der Waals surface area contributed by atoms with Gasteiger partial charge in [0.15, 0.2) is 0 Å².